The Balaban J connectivity index is 1.44. The van der Waals surface area contributed by atoms with Gasteiger partial charge < -0.3 is 20.4 Å². The summed E-state index contributed by atoms with van der Waals surface area (Å²) >= 11 is 5.89. The number of nitrogens with zero attached hydrogens (tertiary/aromatic N) is 2. The molecule has 0 saturated carbocycles. The predicted molar refractivity (Wildman–Crippen MR) is 134 cm³/mol. The number of piperidine rings is 1. The number of carbonyl (C=O) groups excluding carboxylic acids is 4. The van der Waals surface area contributed by atoms with Gasteiger partial charge in [-0.1, -0.05) is 11.6 Å². The first-order valence-corrected chi connectivity index (χ1v) is 12.3. The Morgan fingerprint density at radius 1 is 0.886 bits per heavy atom. The second kappa shape index (κ2) is 11.4. The minimum Gasteiger partial charge on any atom is -0.341 e. The van der Waals surface area contributed by atoms with E-state index < -0.39 is 11.9 Å². The third kappa shape index (κ3) is 6.39. The molecule has 2 heterocycles. The normalized spacial score (nSPS) is 16.7. The third-order valence-corrected chi connectivity index (χ3v) is 6.56. The Hall–Kier alpha value is -3.39. The second-order valence-electron chi connectivity index (χ2n) is 8.87. The maximum atomic E-state index is 13.1. The van der Waals surface area contributed by atoms with Crippen molar-refractivity contribution in [1.82, 2.24) is 10.2 Å². The monoisotopic (exact) mass is 496 g/mol. The fourth-order valence-corrected chi connectivity index (χ4v) is 4.53. The summed E-state index contributed by atoms with van der Waals surface area (Å²) in [5.74, 6) is -1.02. The molecule has 0 spiro atoms. The molecule has 0 aliphatic carbocycles. The van der Waals surface area contributed by atoms with Crippen molar-refractivity contribution in [1.29, 1.82) is 0 Å². The summed E-state index contributed by atoms with van der Waals surface area (Å²) in [6.45, 7) is 1.89. The van der Waals surface area contributed by atoms with Crippen LogP contribution in [0.1, 0.15) is 48.9 Å². The molecule has 4 amide bonds. The van der Waals surface area contributed by atoms with Gasteiger partial charge in [0.15, 0.2) is 0 Å². The first-order chi connectivity index (χ1) is 16.9. The van der Waals surface area contributed by atoms with Crippen LogP contribution in [0.4, 0.5) is 11.4 Å². The van der Waals surface area contributed by atoms with Crippen LogP contribution in [-0.2, 0) is 14.4 Å². The number of nitrogens with one attached hydrogen (secondary N) is 2. The molecule has 2 N–H and O–H groups in total. The molecule has 1 atom stereocenters. The lowest BCUT2D eigenvalue weighted by molar-refractivity contribution is -0.134. The molecule has 4 rings (SSSR count). The maximum absolute atomic E-state index is 13.1. The number of carbonyl (C=O) groups is 4. The van der Waals surface area contributed by atoms with Gasteiger partial charge in [-0.2, -0.15) is 0 Å². The Morgan fingerprint density at radius 2 is 1.54 bits per heavy atom. The topological polar surface area (TPSA) is 98.8 Å². The number of anilines is 2. The van der Waals surface area contributed by atoms with Crippen molar-refractivity contribution in [3.63, 3.8) is 0 Å². The molecule has 2 aromatic rings. The smallest absolute Gasteiger partial charge is 0.251 e. The van der Waals surface area contributed by atoms with Crippen LogP contribution < -0.4 is 15.5 Å². The quantitative estimate of drug-likeness (QED) is 0.611. The standard InChI is InChI=1S/C26H29ClN4O4/c27-19-8-10-20(11-9-19)28-23(32)17-22(26(35)30-14-3-4-15-30)29-25(34)18-6-12-21(13-7-18)31-16-2-1-5-24(31)33/h6-13,22H,1-5,14-17H2,(H,28,32)(H,29,34). The summed E-state index contributed by atoms with van der Waals surface area (Å²) in [4.78, 5) is 54.4. The molecule has 184 valence electrons. The zero-order valence-electron chi connectivity index (χ0n) is 19.5. The zero-order valence-corrected chi connectivity index (χ0v) is 20.2. The molecule has 0 radical (unpaired) electrons. The maximum Gasteiger partial charge on any atom is 0.251 e. The van der Waals surface area contributed by atoms with E-state index in [0.29, 0.717) is 42.3 Å². The highest BCUT2D eigenvalue weighted by atomic mass is 35.5. The number of hydrogen-bond acceptors (Lipinski definition) is 4. The average Bonchev–Trinajstić information content (AvgIpc) is 3.40. The van der Waals surface area contributed by atoms with Crippen LogP contribution in [0.3, 0.4) is 0 Å². The lowest BCUT2D eigenvalue weighted by atomic mass is 10.1. The largest absolute Gasteiger partial charge is 0.341 e. The molecule has 35 heavy (non-hydrogen) atoms. The van der Waals surface area contributed by atoms with Crippen LogP contribution in [0.15, 0.2) is 48.5 Å². The molecule has 2 aliphatic heterocycles. The van der Waals surface area contributed by atoms with Crippen LogP contribution in [-0.4, -0.2) is 54.2 Å². The molecule has 2 saturated heterocycles. The van der Waals surface area contributed by atoms with Gasteiger partial charge in [-0.3, -0.25) is 19.2 Å². The minimum absolute atomic E-state index is 0.0800. The minimum atomic E-state index is -0.990. The lowest BCUT2D eigenvalue weighted by Gasteiger charge is -2.27. The van der Waals surface area contributed by atoms with Crippen LogP contribution in [0, 0.1) is 0 Å². The van der Waals surface area contributed by atoms with Crippen molar-refractivity contribution in [2.45, 2.75) is 44.6 Å². The molecule has 8 nitrogen and oxygen atoms in total. The Bertz CT molecular complexity index is 1080. The van der Waals surface area contributed by atoms with Crippen molar-refractivity contribution in [2.75, 3.05) is 29.9 Å². The van der Waals surface area contributed by atoms with Crippen LogP contribution in [0.25, 0.3) is 0 Å². The van der Waals surface area contributed by atoms with Crippen molar-refractivity contribution in [3.8, 4) is 0 Å². The van der Waals surface area contributed by atoms with Gasteiger partial charge in [0.25, 0.3) is 5.91 Å². The van der Waals surface area contributed by atoms with Crippen LogP contribution in [0.5, 0.6) is 0 Å². The average molecular weight is 497 g/mol. The predicted octanol–water partition coefficient (Wildman–Crippen LogP) is 3.61. The molecular weight excluding hydrogens is 468 g/mol. The highest BCUT2D eigenvalue weighted by molar-refractivity contribution is 6.30. The van der Waals surface area contributed by atoms with E-state index in [1.807, 2.05) is 0 Å². The highest BCUT2D eigenvalue weighted by Gasteiger charge is 2.30. The van der Waals surface area contributed by atoms with Gasteiger partial charge in [0.2, 0.25) is 17.7 Å². The number of amides is 4. The number of hydrogen-bond donors (Lipinski definition) is 2. The van der Waals surface area contributed by atoms with Gasteiger partial charge in [0.05, 0.1) is 6.42 Å². The van der Waals surface area contributed by atoms with Crippen molar-refractivity contribution >= 4 is 46.6 Å². The number of rotatable bonds is 7. The van der Waals surface area contributed by atoms with Gasteiger partial charge in [0, 0.05) is 48.0 Å². The molecule has 2 aromatic carbocycles. The number of likely N-dealkylation sites (tertiary alicyclic amines) is 1. The van der Waals surface area contributed by atoms with Gasteiger partial charge in [-0.25, -0.2) is 0 Å². The van der Waals surface area contributed by atoms with Crippen molar-refractivity contribution in [2.24, 2.45) is 0 Å². The molecule has 2 fully saturated rings. The first kappa shape index (κ1) is 24.7. The number of halogens is 1. The fourth-order valence-electron chi connectivity index (χ4n) is 4.40. The van der Waals surface area contributed by atoms with Crippen LogP contribution in [0.2, 0.25) is 5.02 Å². The summed E-state index contributed by atoms with van der Waals surface area (Å²) in [5.41, 5.74) is 1.66. The second-order valence-corrected chi connectivity index (χ2v) is 9.30. The molecule has 9 heteroatoms. The third-order valence-electron chi connectivity index (χ3n) is 6.30. The first-order valence-electron chi connectivity index (χ1n) is 12.0. The Morgan fingerprint density at radius 3 is 2.20 bits per heavy atom. The van der Waals surface area contributed by atoms with Gasteiger partial charge in [0.1, 0.15) is 6.04 Å². The molecular formula is C26H29ClN4O4. The lowest BCUT2D eigenvalue weighted by Crippen LogP contribution is -2.49. The van der Waals surface area contributed by atoms with E-state index >= 15 is 0 Å². The van der Waals surface area contributed by atoms with Crippen molar-refractivity contribution < 1.29 is 19.2 Å². The summed E-state index contributed by atoms with van der Waals surface area (Å²) in [5, 5.41) is 6.05. The van der Waals surface area contributed by atoms with E-state index in [0.717, 1.165) is 31.4 Å². The van der Waals surface area contributed by atoms with E-state index in [2.05, 4.69) is 10.6 Å². The highest BCUT2D eigenvalue weighted by Crippen LogP contribution is 2.22. The van der Waals surface area contributed by atoms with Crippen LogP contribution >= 0.6 is 11.6 Å². The van der Waals surface area contributed by atoms with E-state index in [-0.39, 0.29) is 24.1 Å². The van der Waals surface area contributed by atoms with Crippen molar-refractivity contribution in [3.05, 3.63) is 59.1 Å². The fraction of sp³-hybridized carbons (Fsp3) is 0.385. The van der Waals surface area contributed by atoms with Gasteiger partial charge in [-0.05, 0) is 74.2 Å². The van der Waals surface area contributed by atoms with E-state index in [1.165, 1.54) is 0 Å². The Labute approximate surface area is 209 Å². The van der Waals surface area contributed by atoms with Gasteiger partial charge >= 0.3 is 0 Å². The van der Waals surface area contributed by atoms with Gasteiger partial charge in [-0.15, -0.1) is 0 Å². The SMILES string of the molecule is O=C(CC(NC(=O)c1ccc(N2CCCCC2=O)cc1)C(=O)N1CCCC1)Nc1ccc(Cl)cc1. The molecule has 2 aliphatic rings. The summed E-state index contributed by atoms with van der Waals surface area (Å²) in [7, 11) is 0. The molecule has 1 unspecified atom stereocenters. The van der Waals surface area contributed by atoms with E-state index in [1.54, 1.807) is 58.3 Å². The molecule has 0 bridgehead atoms. The zero-order chi connectivity index (χ0) is 24.8. The van der Waals surface area contributed by atoms with E-state index in [9.17, 15) is 19.2 Å². The summed E-state index contributed by atoms with van der Waals surface area (Å²) in [6.07, 6.45) is 3.99. The Kier molecular flexibility index (Phi) is 8.02. The summed E-state index contributed by atoms with van der Waals surface area (Å²) in [6, 6.07) is 12.4. The van der Waals surface area contributed by atoms with E-state index in [4.69, 9.17) is 11.6 Å². The summed E-state index contributed by atoms with van der Waals surface area (Å²) < 4.78 is 0. The number of benzene rings is 2. The molecule has 0 aromatic heterocycles.